The molecule has 24 heavy (non-hydrogen) atoms. The third-order valence-corrected chi connectivity index (χ3v) is 8.04. The summed E-state index contributed by atoms with van der Waals surface area (Å²) in [5, 5.41) is 0.00939. The van der Waals surface area contributed by atoms with Crippen molar-refractivity contribution in [2.45, 2.75) is 68.7 Å². The molecule has 0 amide bonds. The molecule has 0 N–H and O–H groups in total. The summed E-state index contributed by atoms with van der Waals surface area (Å²) in [5.41, 5.74) is 1.08. The number of aryl methyl sites for hydroxylation is 1. The van der Waals surface area contributed by atoms with Gasteiger partial charge in [0.2, 0.25) is 10.0 Å². The monoisotopic (exact) mass is 369 g/mol. The zero-order chi connectivity index (χ0) is 17.3. The Labute approximate surface area is 151 Å². The zero-order valence-corrected chi connectivity index (χ0v) is 16.2. The summed E-state index contributed by atoms with van der Waals surface area (Å²) in [5.74, 6) is 0.711. The number of rotatable bonds is 4. The molecule has 5 heteroatoms. The van der Waals surface area contributed by atoms with E-state index >= 15 is 0 Å². The fraction of sp³-hybridized carbons (Fsp3) is 0.684. The van der Waals surface area contributed by atoms with E-state index in [0.717, 1.165) is 24.8 Å². The van der Waals surface area contributed by atoms with Crippen molar-refractivity contribution >= 4 is 21.6 Å². The standard InChI is InChI=1S/C19H28ClNO2S/c1-14-8-10-17(11-9-14)24(22,23)21-13-12-18(15(2)20)19(21)16-6-4-3-5-7-16/h8-11,15-16,18-19H,3-7,12-13H2,1-2H3/t15-,18-,19-/m0/s1. The molecule has 2 aliphatic rings. The van der Waals surface area contributed by atoms with Gasteiger partial charge in [0, 0.05) is 18.0 Å². The van der Waals surface area contributed by atoms with Gasteiger partial charge in [-0.1, -0.05) is 37.0 Å². The van der Waals surface area contributed by atoms with E-state index in [1.54, 1.807) is 16.4 Å². The summed E-state index contributed by atoms with van der Waals surface area (Å²) in [6, 6.07) is 7.28. The van der Waals surface area contributed by atoms with Gasteiger partial charge in [-0.3, -0.25) is 0 Å². The quantitative estimate of drug-likeness (QED) is 0.728. The van der Waals surface area contributed by atoms with Gasteiger partial charge >= 0.3 is 0 Å². The predicted octanol–water partition coefficient (Wildman–Crippen LogP) is 4.58. The molecule has 0 bridgehead atoms. The molecule has 2 fully saturated rings. The molecule has 1 aromatic rings. The zero-order valence-electron chi connectivity index (χ0n) is 14.6. The van der Waals surface area contributed by atoms with Crippen LogP contribution >= 0.6 is 11.6 Å². The first-order chi connectivity index (χ1) is 11.4. The van der Waals surface area contributed by atoms with E-state index in [-0.39, 0.29) is 17.3 Å². The number of hydrogen-bond acceptors (Lipinski definition) is 2. The van der Waals surface area contributed by atoms with Crippen molar-refractivity contribution in [1.29, 1.82) is 0 Å². The van der Waals surface area contributed by atoms with Crippen molar-refractivity contribution in [3.8, 4) is 0 Å². The smallest absolute Gasteiger partial charge is 0.207 e. The first-order valence-corrected chi connectivity index (χ1v) is 11.0. The molecule has 1 heterocycles. The molecule has 1 saturated carbocycles. The number of nitrogens with zero attached hydrogens (tertiary/aromatic N) is 1. The third kappa shape index (κ3) is 3.51. The summed E-state index contributed by atoms with van der Waals surface area (Å²) in [4.78, 5) is 0.414. The highest BCUT2D eigenvalue weighted by Crippen LogP contribution is 2.42. The van der Waals surface area contributed by atoms with Gasteiger partial charge in [-0.25, -0.2) is 8.42 Å². The van der Waals surface area contributed by atoms with Gasteiger partial charge in [0.1, 0.15) is 0 Å². The lowest BCUT2D eigenvalue weighted by molar-refractivity contribution is 0.189. The molecule has 0 spiro atoms. The van der Waals surface area contributed by atoms with Crippen LogP contribution in [-0.2, 0) is 10.0 Å². The Hall–Kier alpha value is -0.580. The fourth-order valence-corrected chi connectivity index (χ4v) is 6.52. The highest BCUT2D eigenvalue weighted by Gasteiger charge is 2.46. The fourth-order valence-electron chi connectivity index (χ4n) is 4.50. The van der Waals surface area contributed by atoms with Crippen molar-refractivity contribution in [1.82, 2.24) is 4.31 Å². The second-order valence-corrected chi connectivity index (χ2v) is 10.0. The van der Waals surface area contributed by atoms with E-state index in [9.17, 15) is 8.42 Å². The molecule has 1 aliphatic heterocycles. The van der Waals surface area contributed by atoms with E-state index in [2.05, 4.69) is 0 Å². The van der Waals surface area contributed by atoms with E-state index < -0.39 is 10.0 Å². The Morgan fingerprint density at radius 2 is 1.71 bits per heavy atom. The number of benzene rings is 1. The number of sulfonamides is 1. The van der Waals surface area contributed by atoms with Crippen LogP contribution in [0.3, 0.4) is 0 Å². The SMILES string of the molecule is Cc1ccc(S(=O)(=O)N2CC[C@@H]([C@H](C)Cl)[C@@H]2C2CCCCC2)cc1. The maximum atomic E-state index is 13.2. The Morgan fingerprint density at radius 1 is 1.08 bits per heavy atom. The molecular formula is C19H28ClNO2S. The molecular weight excluding hydrogens is 342 g/mol. The maximum Gasteiger partial charge on any atom is 0.243 e. The van der Waals surface area contributed by atoms with Crippen molar-refractivity contribution in [2.24, 2.45) is 11.8 Å². The average molecular weight is 370 g/mol. The maximum absolute atomic E-state index is 13.2. The Kier molecular flexibility index (Phi) is 5.58. The lowest BCUT2D eigenvalue weighted by Gasteiger charge is -2.37. The molecule has 1 aromatic carbocycles. The second kappa shape index (κ2) is 7.35. The lowest BCUT2D eigenvalue weighted by atomic mass is 9.78. The van der Waals surface area contributed by atoms with Crippen LogP contribution in [0.5, 0.6) is 0 Å². The van der Waals surface area contributed by atoms with E-state index in [1.807, 2.05) is 26.0 Å². The highest BCUT2D eigenvalue weighted by atomic mass is 35.5. The Morgan fingerprint density at radius 3 is 2.29 bits per heavy atom. The molecule has 1 aliphatic carbocycles. The van der Waals surface area contributed by atoms with E-state index in [4.69, 9.17) is 11.6 Å². The van der Waals surface area contributed by atoms with Gasteiger partial charge in [-0.05, 0) is 57.1 Å². The normalized spacial score (nSPS) is 28.1. The molecule has 3 rings (SSSR count). The Bertz CT molecular complexity index is 650. The summed E-state index contributed by atoms with van der Waals surface area (Å²) in [6.07, 6.45) is 6.83. The van der Waals surface area contributed by atoms with Crippen LogP contribution in [-0.4, -0.2) is 30.7 Å². The lowest BCUT2D eigenvalue weighted by Crippen LogP contribution is -2.44. The van der Waals surface area contributed by atoms with Crippen LogP contribution in [0.15, 0.2) is 29.2 Å². The first kappa shape index (κ1) is 18.2. The minimum absolute atomic E-state index is 0.00939. The first-order valence-electron chi connectivity index (χ1n) is 9.14. The van der Waals surface area contributed by atoms with Crippen LogP contribution in [0, 0.1) is 18.8 Å². The minimum Gasteiger partial charge on any atom is -0.207 e. The molecule has 0 unspecified atom stereocenters. The van der Waals surface area contributed by atoms with Gasteiger partial charge in [0.05, 0.1) is 4.90 Å². The van der Waals surface area contributed by atoms with E-state index in [1.165, 1.54) is 19.3 Å². The number of alkyl halides is 1. The summed E-state index contributed by atoms with van der Waals surface area (Å²) < 4.78 is 28.3. The van der Waals surface area contributed by atoms with Gasteiger partial charge < -0.3 is 0 Å². The number of hydrogen-bond donors (Lipinski definition) is 0. The summed E-state index contributed by atoms with van der Waals surface area (Å²) >= 11 is 6.46. The highest BCUT2D eigenvalue weighted by molar-refractivity contribution is 7.89. The summed E-state index contributed by atoms with van der Waals surface area (Å²) in [6.45, 7) is 4.59. The van der Waals surface area contributed by atoms with Crippen LogP contribution in [0.4, 0.5) is 0 Å². The third-order valence-electron chi connectivity index (χ3n) is 5.80. The van der Waals surface area contributed by atoms with Gasteiger partial charge in [-0.2, -0.15) is 4.31 Å². The molecule has 3 nitrogen and oxygen atoms in total. The van der Waals surface area contributed by atoms with Crippen molar-refractivity contribution < 1.29 is 8.42 Å². The molecule has 0 aromatic heterocycles. The minimum atomic E-state index is -3.45. The topological polar surface area (TPSA) is 37.4 Å². The van der Waals surface area contributed by atoms with E-state index in [0.29, 0.717) is 17.4 Å². The second-order valence-electron chi connectivity index (χ2n) is 7.45. The Balaban J connectivity index is 1.93. The van der Waals surface area contributed by atoms with Gasteiger partial charge in [0.15, 0.2) is 0 Å². The van der Waals surface area contributed by atoms with Crippen molar-refractivity contribution in [2.75, 3.05) is 6.54 Å². The van der Waals surface area contributed by atoms with Gasteiger partial charge in [0.25, 0.3) is 0 Å². The van der Waals surface area contributed by atoms with Gasteiger partial charge in [-0.15, -0.1) is 11.6 Å². The van der Waals surface area contributed by atoms with Crippen LogP contribution in [0.1, 0.15) is 51.0 Å². The molecule has 0 radical (unpaired) electrons. The summed E-state index contributed by atoms with van der Waals surface area (Å²) in [7, 11) is -3.45. The molecule has 1 saturated heterocycles. The molecule has 134 valence electrons. The van der Waals surface area contributed by atoms with Crippen molar-refractivity contribution in [3.05, 3.63) is 29.8 Å². The van der Waals surface area contributed by atoms with Crippen molar-refractivity contribution in [3.63, 3.8) is 0 Å². The number of halogens is 1. The van der Waals surface area contributed by atoms with Crippen LogP contribution < -0.4 is 0 Å². The molecule has 3 atom stereocenters. The largest absolute Gasteiger partial charge is 0.243 e. The van der Waals surface area contributed by atoms with Crippen LogP contribution in [0.25, 0.3) is 0 Å². The van der Waals surface area contributed by atoms with Crippen LogP contribution in [0.2, 0.25) is 0 Å². The average Bonchev–Trinajstić information content (AvgIpc) is 3.02. The predicted molar refractivity (Wildman–Crippen MR) is 98.9 cm³/mol.